The molecule has 0 amide bonds. The van der Waals surface area contributed by atoms with E-state index in [1.54, 1.807) is 62.4 Å². The van der Waals surface area contributed by atoms with Crippen LogP contribution in [0.1, 0.15) is 36.2 Å². The Morgan fingerprint density at radius 3 is 2.07 bits per heavy atom. The number of esters is 1. The van der Waals surface area contributed by atoms with Crippen LogP contribution in [-0.4, -0.2) is 51.3 Å². The number of methoxy groups -OCH3 is 1. The Morgan fingerprint density at radius 2 is 1.53 bits per heavy atom. The molecule has 0 N–H and O–H groups in total. The molecule has 8 heteroatoms. The molecule has 0 bridgehead atoms. The minimum absolute atomic E-state index is 0.0953. The summed E-state index contributed by atoms with van der Waals surface area (Å²) >= 11 is 0. The molecule has 0 radical (unpaired) electrons. The van der Waals surface area contributed by atoms with E-state index in [1.807, 2.05) is 0 Å². The van der Waals surface area contributed by atoms with Crippen molar-refractivity contribution >= 4 is 21.8 Å². The van der Waals surface area contributed by atoms with E-state index in [0.717, 1.165) is 5.56 Å². The van der Waals surface area contributed by atoms with Crippen LogP contribution in [0, 0.1) is 0 Å². The van der Waals surface area contributed by atoms with E-state index in [9.17, 15) is 18.0 Å². The number of carbonyl (C=O) groups excluding carboxylic acids is 2. The zero-order valence-corrected chi connectivity index (χ0v) is 18.3. The first-order valence-corrected chi connectivity index (χ1v) is 11.2. The molecule has 0 aliphatic rings. The second-order valence-electron chi connectivity index (χ2n) is 6.55. The molecule has 162 valence electrons. The summed E-state index contributed by atoms with van der Waals surface area (Å²) in [7, 11) is -1.96. The number of ketones is 1. The number of Topliss-reactive ketones (excluding diaryl/α,β-unsaturated/α-hetero) is 1. The fourth-order valence-electron chi connectivity index (χ4n) is 2.87. The van der Waals surface area contributed by atoms with Crippen LogP contribution in [0.25, 0.3) is 0 Å². The first-order chi connectivity index (χ1) is 14.3. The standard InChI is InChI=1S/C22H27NO6S/c1-4-23(5-2)30(26,27)20-13-6-17(7-14-20)8-15-22(25)29-16-21(24)18-9-11-19(28-3)12-10-18/h6-7,9-14H,4-5,8,15-16H2,1-3H3. The number of carbonyl (C=O) groups is 2. The Balaban J connectivity index is 1.85. The second kappa shape index (κ2) is 10.9. The second-order valence-corrected chi connectivity index (χ2v) is 8.48. The Bertz CT molecular complexity index is 948. The van der Waals surface area contributed by atoms with Crippen molar-refractivity contribution in [2.75, 3.05) is 26.8 Å². The molecule has 0 fully saturated rings. The highest BCUT2D eigenvalue weighted by Gasteiger charge is 2.21. The van der Waals surface area contributed by atoms with Crippen LogP contribution in [0.15, 0.2) is 53.4 Å². The molecule has 0 spiro atoms. The largest absolute Gasteiger partial charge is 0.497 e. The van der Waals surface area contributed by atoms with Gasteiger partial charge in [-0.3, -0.25) is 9.59 Å². The Kier molecular flexibility index (Phi) is 8.56. The minimum atomic E-state index is -3.50. The van der Waals surface area contributed by atoms with Gasteiger partial charge < -0.3 is 9.47 Å². The number of sulfonamides is 1. The highest BCUT2D eigenvalue weighted by atomic mass is 32.2. The van der Waals surface area contributed by atoms with Crippen molar-refractivity contribution in [1.82, 2.24) is 4.31 Å². The third kappa shape index (κ3) is 6.14. The highest BCUT2D eigenvalue weighted by molar-refractivity contribution is 7.89. The molecular weight excluding hydrogens is 406 g/mol. The zero-order chi connectivity index (χ0) is 22.1. The molecule has 0 aromatic heterocycles. The van der Waals surface area contributed by atoms with E-state index >= 15 is 0 Å². The van der Waals surface area contributed by atoms with Gasteiger partial charge in [-0.1, -0.05) is 26.0 Å². The average Bonchev–Trinajstić information content (AvgIpc) is 2.77. The van der Waals surface area contributed by atoms with Crippen molar-refractivity contribution in [2.24, 2.45) is 0 Å². The van der Waals surface area contributed by atoms with Gasteiger partial charge in [-0.2, -0.15) is 4.31 Å². The van der Waals surface area contributed by atoms with Crippen LogP contribution in [0.2, 0.25) is 0 Å². The summed E-state index contributed by atoms with van der Waals surface area (Å²) in [5.74, 6) is -0.145. The quantitative estimate of drug-likeness (QED) is 0.400. The maximum absolute atomic E-state index is 12.5. The van der Waals surface area contributed by atoms with E-state index in [-0.39, 0.29) is 23.7 Å². The van der Waals surface area contributed by atoms with E-state index in [2.05, 4.69) is 0 Å². The number of rotatable bonds is 11. The maximum atomic E-state index is 12.5. The van der Waals surface area contributed by atoms with Gasteiger partial charge in [0.2, 0.25) is 10.0 Å². The van der Waals surface area contributed by atoms with E-state index in [4.69, 9.17) is 9.47 Å². The molecular formula is C22H27NO6S. The molecule has 0 atom stereocenters. The predicted molar refractivity (Wildman–Crippen MR) is 113 cm³/mol. The summed E-state index contributed by atoms with van der Waals surface area (Å²) in [6.45, 7) is 4.07. The average molecular weight is 434 g/mol. The van der Waals surface area contributed by atoms with Crippen LogP contribution in [-0.2, 0) is 26.0 Å². The summed E-state index contributed by atoms with van der Waals surface area (Å²) in [4.78, 5) is 24.3. The molecule has 0 aliphatic heterocycles. The zero-order valence-electron chi connectivity index (χ0n) is 17.5. The van der Waals surface area contributed by atoms with Gasteiger partial charge in [-0.25, -0.2) is 8.42 Å². The molecule has 0 saturated carbocycles. The summed E-state index contributed by atoms with van der Waals surface area (Å²) in [5.41, 5.74) is 1.25. The van der Waals surface area contributed by atoms with Gasteiger partial charge in [0.25, 0.3) is 0 Å². The Hall–Kier alpha value is -2.71. The van der Waals surface area contributed by atoms with Crippen molar-refractivity contribution in [1.29, 1.82) is 0 Å². The number of hydrogen-bond donors (Lipinski definition) is 0. The molecule has 0 saturated heterocycles. The molecule has 2 rings (SSSR count). The van der Waals surface area contributed by atoms with Crippen LogP contribution in [0.5, 0.6) is 5.75 Å². The lowest BCUT2D eigenvalue weighted by Gasteiger charge is -2.18. The van der Waals surface area contributed by atoms with Gasteiger partial charge in [0.1, 0.15) is 5.75 Å². The summed E-state index contributed by atoms with van der Waals surface area (Å²) in [6.07, 6.45) is 0.485. The monoisotopic (exact) mass is 433 g/mol. The molecule has 30 heavy (non-hydrogen) atoms. The highest BCUT2D eigenvalue weighted by Crippen LogP contribution is 2.17. The molecule has 0 aliphatic carbocycles. The summed E-state index contributed by atoms with van der Waals surface area (Å²) < 4.78 is 36.5. The fraction of sp³-hybridized carbons (Fsp3) is 0.364. The smallest absolute Gasteiger partial charge is 0.306 e. The fourth-order valence-corrected chi connectivity index (χ4v) is 4.32. The number of nitrogens with zero attached hydrogens (tertiary/aromatic N) is 1. The van der Waals surface area contributed by atoms with E-state index in [1.165, 1.54) is 11.4 Å². The number of ether oxygens (including phenoxy) is 2. The molecule has 2 aromatic carbocycles. The number of benzene rings is 2. The summed E-state index contributed by atoms with van der Waals surface area (Å²) in [6, 6.07) is 13.0. The number of aryl methyl sites for hydroxylation is 1. The van der Waals surface area contributed by atoms with Crippen molar-refractivity contribution in [3.05, 3.63) is 59.7 Å². The van der Waals surface area contributed by atoms with Crippen molar-refractivity contribution < 1.29 is 27.5 Å². The topological polar surface area (TPSA) is 90.0 Å². The van der Waals surface area contributed by atoms with E-state index in [0.29, 0.717) is 30.8 Å². The SMILES string of the molecule is CCN(CC)S(=O)(=O)c1ccc(CCC(=O)OCC(=O)c2ccc(OC)cc2)cc1. The Morgan fingerprint density at radius 1 is 0.933 bits per heavy atom. The lowest BCUT2D eigenvalue weighted by atomic mass is 10.1. The maximum Gasteiger partial charge on any atom is 0.306 e. The lowest BCUT2D eigenvalue weighted by molar-refractivity contribution is -0.142. The van der Waals surface area contributed by atoms with Crippen molar-refractivity contribution in [2.45, 2.75) is 31.6 Å². The third-order valence-electron chi connectivity index (χ3n) is 4.66. The lowest BCUT2D eigenvalue weighted by Crippen LogP contribution is -2.30. The van der Waals surface area contributed by atoms with Crippen LogP contribution in [0.3, 0.4) is 0 Å². The number of hydrogen-bond acceptors (Lipinski definition) is 6. The van der Waals surface area contributed by atoms with Gasteiger partial charge >= 0.3 is 5.97 Å². The normalized spacial score (nSPS) is 11.3. The predicted octanol–water partition coefficient (Wildman–Crippen LogP) is 3.08. The third-order valence-corrected chi connectivity index (χ3v) is 6.72. The molecule has 7 nitrogen and oxygen atoms in total. The summed E-state index contributed by atoms with van der Waals surface area (Å²) in [5, 5.41) is 0. The Labute approximate surface area is 177 Å². The first-order valence-electron chi connectivity index (χ1n) is 9.73. The molecule has 2 aromatic rings. The van der Waals surface area contributed by atoms with Gasteiger partial charge in [-0.15, -0.1) is 0 Å². The van der Waals surface area contributed by atoms with E-state index < -0.39 is 16.0 Å². The van der Waals surface area contributed by atoms with Crippen LogP contribution in [0.4, 0.5) is 0 Å². The minimum Gasteiger partial charge on any atom is -0.497 e. The van der Waals surface area contributed by atoms with Crippen LogP contribution < -0.4 is 4.74 Å². The molecule has 0 unspecified atom stereocenters. The van der Waals surface area contributed by atoms with Gasteiger partial charge in [0.15, 0.2) is 12.4 Å². The van der Waals surface area contributed by atoms with Gasteiger partial charge in [-0.05, 0) is 48.4 Å². The molecule has 0 heterocycles. The van der Waals surface area contributed by atoms with Gasteiger partial charge in [0.05, 0.1) is 12.0 Å². The van der Waals surface area contributed by atoms with Gasteiger partial charge in [0, 0.05) is 25.1 Å². The van der Waals surface area contributed by atoms with Crippen LogP contribution >= 0.6 is 0 Å². The first kappa shape index (κ1) is 23.6. The van der Waals surface area contributed by atoms with Crippen molar-refractivity contribution in [3.63, 3.8) is 0 Å². The van der Waals surface area contributed by atoms with Crippen molar-refractivity contribution in [3.8, 4) is 5.75 Å².